The number of benzene rings is 1. The Morgan fingerprint density at radius 3 is 2.68 bits per heavy atom. The predicted molar refractivity (Wildman–Crippen MR) is 90.9 cm³/mol. The van der Waals surface area contributed by atoms with Crippen molar-refractivity contribution in [1.82, 2.24) is 5.43 Å². The lowest BCUT2D eigenvalue weighted by Crippen LogP contribution is -2.25. The molecule has 0 radical (unpaired) electrons. The summed E-state index contributed by atoms with van der Waals surface area (Å²) < 4.78 is 5.36. The van der Waals surface area contributed by atoms with E-state index in [0.717, 1.165) is 16.3 Å². The number of nitrogens with one attached hydrogen (secondary N) is 2. The highest BCUT2D eigenvalue weighted by molar-refractivity contribution is 7.13. The summed E-state index contributed by atoms with van der Waals surface area (Å²) in [5.41, 5.74) is 3.35. The topological polar surface area (TPSA) is 62.7 Å². The van der Waals surface area contributed by atoms with E-state index in [1.54, 1.807) is 17.6 Å². The van der Waals surface area contributed by atoms with Crippen LogP contribution in [0, 0.1) is 6.92 Å². The van der Waals surface area contributed by atoms with E-state index in [2.05, 4.69) is 15.8 Å². The molecule has 2 rings (SSSR count). The summed E-state index contributed by atoms with van der Waals surface area (Å²) in [4.78, 5) is 13.9. The number of hydrazone groups is 1. The van der Waals surface area contributed by atoms with Crippen molar-refractivity contribution < 1.29 is 9.53 Å². The van der Waals surface area contributed by atoms with Crippen LogP contribution >= 0.6 is 11.3 Å². The minimum absolute atomic E-state index is 0.161. The Kier molecular flexibility index (Phi) is 5.97. The molecule has 0 bridgehead atoms. The fourth-order valence-electron chi connectivity index (χ4n) is 1.75. The number of hydrogen-bond acceptors (Lipinski definition) is 5. The molecule has 0 aliphatic heterocycles. The molecule has 0 saturated heterocycles. The van der Waals surface area contributed by atoms with E-state index in [-0.39, 0.29) is 12.5 Å². The van der Waals surface area contributed by atoms with Gasteiger partial charge in [0.1, 0.15) is 5.75 Å². The van der Waals surface area contributed by atoms with Crippen molar-refractivity contribution >= 4 is 29.1 Å². The van der Waals surface area contributed by atoms with Crippen molar-refractivity contribution in [2.75, 3.05) is 18.5 Å². The molecule has 0 aliphatic carbocycles. The van der Waals surface area contributed by atoms with Gasteiger partial charge in [-0.2, -0.15) is 5.10 Å². The van der Waals surface area contributed by atoms with Gasteiger partial charge in [0.15, 0.2) is 0 Å². The lowest BCUT2D eigenvalue weighted by Gasteiger charge is -2.07. The van der Waals surface area contributed by atoms with Gasteiger partial charge >= 0.3 is 0 Å². The van der Waals surface area contributed by atoms with Gasteiger partial charge in [0.05, 0.1) is 19.4 Å². The highest BCUT2D eigenvalue weighted by atomic mass is 32.1. The van der Waals surface area contributed by atoms with Gasteiger partial charge in [0.2, 0.25) is 0 Å². The Morgan fingerprint density at radius 2 is 2.05 bits per heavy atom. The van der Waals surface area contributed by atoms with Crippen molar-refractivity contribution in [3.8, 4) is 5.75 Å². The smallest absolute Gasteiger partial charge is 0.259 e. The molecule has 0 unspecified atom stereocenters. The maximum atomic E-state index is 11.7. The van der Waals surface area contributed by atoms with Crippen LogP contribution in [0.25, 0.3) is 0 Å². The Labute approximate surface area is 134 Å². The van der Waals surface area contributed by atoms with Gasteiger partial charge in [0.25, 0.3) is 5.91 Å². The third kappa shape index (κ3) is 5.21. The van der Waals surface area contributed by atoms with Crippen molar-refractivity contribution in [3.63, 3.8) is 0 Å². The van der Waals surface area contributed by atoms with Crippen molar-refractivity contribution in [3.05, 3.63) is 46.2 Å². The molecule has 116 valence electrons. The average Bonchev–Trinajstić information content (AvgIpc) is 2.92. The minimum Gasteiger partial charge on any atom is -0.494 e. The number of amides is 1. The van der Waals surface area contributed by atoms with E-state index < -0.39 is 0 Å². The first-order chi connectivity index (χ1) is 10.7. The average molecular weight is 317 g/mol. The summed E-state index contributed by atoms with van der Waals surface area (Å²) in [5.74, 6) is 0.617. The lowest BCUT2D eigenvalue weighted by atomic mass is 10.3. The largest absolute Gasteiger partial charge is 0.494 e. The summed E-state index contributed by atoms with van der Waals surface area (Å²) in [6.07, 6.45) is 1.65. The number of nitrogens with zero attached hydrogens (tertiary/aromatic N) is 1. The molecule has 0 aliphatic rings. The van der Waals surface area contributed by atoms with Crippen LogP contribution < -0.4 is 15.5 Å². The number of anilines is 1. The van der Waals surface area contributed by atoms with Crippen LogP contribution in [-0.4, -0.2) is 25.3 Å². The van der Waals surface area contributed by atoms with Crippen molar-refractivity contribution in [1.29, 1.82) is 0 Å². The molecule has 1 amide bonds. The number of carbonyl (C=O) groups excluding carboxylic acids is 1. The second-order valence-electron chi connectivity index (χ2n) is 4.55. The number of rotatable bonds is 7. The van der Waals surface area contributed by atoms with E-state index in [1.165, 1.54) is 4.88 Å². The zero-order chi connectivity index (χ0) is 15.8. The molecule has 1 aromatic carbocycles. The van der Waals surface area contributed by atoms with Crippen LogP contribution in [0.1, 0.15) is 16.7 Å². The normalized spacial score (nSPS) is 10.6. The van der Waals surface area contributed by atoms with Crippen molar-refractivity contribution in [2.24, 2.45) is 5.10 Å². The molecule has 2 aromatic rings. The lowest BCUT2D eigenvalue weighted by molar-refractivity contribution is -0.119. The van der Waals surface area contributed by atoms with Gasteiger partial charge in [-0.25, -0.2) is 5.43 Å². The first-order valence-electron chi connectivity index (χ1n) is 7.02. The molecule has 0 atom stereocenters. The van der Waals surface area contributed by atoms with E-state index in [1.807, 2.05) is 50.2 Å². The van der Waals surface area contributed by atoms with Crippen LogP contribution in [0.4, 0.5) is 5.69 Å². The summed E-state index contributed by atoms with van der Waals surface area (Å²) in [5, 5.41) is 6.96. The Hall–Kier alpha value is -2.34. The van der Waals surface area contributed by atoms with Gasteiger partial charge in [0, 0.05) is 15.4 Å². The van der Waals surface area contributed by atoms with Crippen LogP contribution in [0.15, 0.2) is 41.5 Å². The maximum absolute atomic E-state index is 11.7. The summed E-state index contributed by atoms with van der Waals surface area (Å²) in [6.45, 7) is 4.77. The number of hydrogen-bond donors (Lipinski definition) is 2. The number of carbonyl (C=O) groups is 1. The summed E-state index contributed by atoms with van der Waals surface area (Å²) in [6, 6.07) is 11.4. The number of aryl methyl sites for hydroxylation is 1. The summed E-state index contributed by atoms with van der Waals surface area (Å²) in [7, 11) is 0. The molecular formula is C16H19N3O2S. The molecule has 5 nitrogen and oxygen atoms in total. The summed E-state index contributed by atoms with van der Waals surface area (Å²) >= 11 is 1.63. The van der Waals surface area contributed by atoms with E-state index in [0.29, 0.717) is 6.61 Å². The highest BCUT2D eigenvalue weighted by Gasteiger charge is 2.00. The standard InChI is InChI=1S/C16H19N3O2S/c1-3-21-14-7-5-13(6-8-14)17-11-16(20)19-18-10-15-9-4-12(2)22-15/h4-10,17H,3,11H2,1-2H3,(H,19,20). The monoisotopic (exact) mass is 317 g/mol. The first-order valence-corrected chi connectivity index (χ1v) is 7.84. The zero-order valence-corrected chi connectivity index (χ0v) is 13.4. The second-order valence-corrected chi connectivity index (χ2v) is 5.87. The minimum atomic E-state index is -0.196. The molecule has 2 N–H and O–H groups in total. The zero-order valence-electron chi connectivity index (χ0n) is 12.6. The van der Waals surface area contributed by atoms with Crippen LogP contribution in [-0.2, 0) is 4.79 Å². The van der Waals surface area contributed by atoms with Crippen molar-refractivity contribution in [2.45, 2.75) is 13.8 Å². The van der Waals surface area contributed by atoms with E-state index in [9.17, 15) is 4.79 Å². The molecule has 0 fully saturated rings. The molecule has 6 heteroatoms. The number of thiophene rings is 1. The Bertz CT molecular complexity index is 635. The third-order valence-corrected chi connectivity index (χ3v) is 3.70. The molecule has 1 heterocycles. The highest BCUT2D eigenvalue weighted by Crippen LogP contribution is 2.15. The first kappa shape index (κ1) is 16.0. The van der Waals surface area contributed by atoms with Gasteiger partial charge in [-0.3, -0.25) is 4.79 Å². The third-order valence-electron chi connectivity index (χ3n) is 2.76. The van der Waals surface area contributed by atoms with E-state index in [4.69, 9.17) is 4.74 Å². The van der Waals surface area contributed by atoms with Crippen LogP contribution in [0.3, 0.4) is 0 Å². The molecule has 0 saturated carbocycles. The SMILES string of the molecule is CCOc1ccc(NCC(=O)NN=Cc2ccc(C)s2)cc1. The van der Waals surface area contributed by atoms with Gasteiger partial charge in [-0.05, 0) is 50.2 Å². The molecular weight excluding hydrogens is 298 g/mol. The fourth-order valence-corrected chi connectivity index (χ4v) is 2.50. The fraction of sp³-hybridized carbons (Fsp3) is 0.250. The Balaban J connectivity index is 1.74. The Morgan fingerprint density at radius 1 is 1.27 bits per heavy atom. The van der Waals surface area contributed by atoms with Crippen LogP contribution in [0.5, 0.6) is 5.75 Å². The van der Waals surface area contributed by atoms with Gasteiger partial charge in [-0.1, -0.05) is 0 Å². The van der Waals surface area contributed by atoms with Gasteiger partial charge in [-0.15, -0.1) is 11.3 Å². The number of ether oxygens (including phenoxy) is 1. The maximum Gasteiger partial charge on any atom is 0.259 e. The van der Waals surface area contributed by atoms with E-state index >= 15 is 0 Å². The molecule has 22 heavy (non-hydrogen) atoms. The molecule has 0 spiro atoms. The van der Waals surface area contributed by atoms with Crippen LogP contribution in [0.2, 0.25) is 0 Å². The van der Waals surface area contributed by atoms with Gasteiger partial charge < -0.3 is 10.1 Å². The predicted octanol–water partition coefficient (Wildman–Crippen LogP) is 3.02. The second kappa shape index (κ2) is 8.19. The molecule has 1 aromatic heterocycles. The quantitative estimate of drug-likeness (QED) is 0.609.